The number of halogens is 2. The lowest BCUT2D eigenvalue weighted by atomic mass is 9.94. The van der Waals surface area contributed by atoms with E-state index >= 15 is 0 Å². The minimum absolute atomic E-state index is 0.0605. The van der Waals surface area contributed by atoms with Crippen LogP contribution in [0.1, 0.15) is 11.8 Å². The lowest BCUT2D eigenvalue weighted by Gasteiger charge is -2.38. The van der Waals surface area contributed by atoms with E-state index in [0.717, 1.165) is 23.4 Å². The molecule has 1 aromatic rings. The van der Waals surface area contributed by atoms with Crippen LogP contribution in [-0.4, -0.2) is 34.6 Å². The van der Waals surface area contributed by atoms with Gasteiger partial charge in [-0.1, -0.05) is 15.9 Å². The van der Waals surface area contributed by atoms with Gasteiger partial charge in [0.15, 0.2) is 5.96 Å². The monoisotopic (exact) mass is 390 g/mol. The first kappa shape index (κ1) is 12.6. The van der Waals surface area contributed by atoms with E-state index in [1.807, 2.05) is 4.90 Å². The number of nitrogens with two attached hydrogens (primary N) is 1. The Bertz CT molecular complexity index is 553. The number of hydrogen-bond acceptors (Lipinski definition) is 5. The summed E-state index contributed by atoms with van der Waals surface area (Å²) in [6.07, 6.45) is 0. The normalized spacial score (nSPS) is 31.1. The third-order valence-corrected chi connectivity index (χ3v) is 6.50. The summed E-state index contributed by atoms with van der Waals surface area (Å²) >= 11 is 8.92. The van der Waals surface area contributed by atoms with E-state index in [1.54, 1.807) is 11.3 Å². The molecule has 3 heterocycles. The number of amidine groups is 1. The van der Waals surface area contributed by atoms with E-state index in [0.29, 0.717) is 5.96 Å². The van der Waals surface area contributed by atoms with Gasteiger partial charge in [-0.2, -0.15) is 0 Å². The Hall–Kier alpha value is -0.400. The van der Waals surface area contributed by atoms with Crippen molar-refractivity contribution in [3.8, 4) is 0 Å². The van der Waals surface area contributed by atoms with Gasteiger partial charge in [-0.25, -0.2) is 4.99 Å². The van der Waals surface area contributed by atoms with Crippen LogP contribution in [0, 0.1) is 0 Å². The van der Waals surface area contributed by atoms with Gasteiger partial charge < -0.3 is 5.73 Å². The van der Waals surface area contributed by atoms with Crippen LogP contribution in [0.5, 0.6) is 0 Å². The molecule has 7 heteroatoms. The molecule has 2 atom stereocenters. The Morgan fingerprint density at radius 1 is 1.61 bits per heavy atom. The van der Waals surface area contributed by atoms with Crippen molar-refractivity contribution >= 4 is 55.0 Å². The van der Waals surface area contributed by atoms with Crippen molar-refractivity contribution in [1.82, 2.24) is 4.90 Å². The molecule has 0 radical (unpaired) electrons. The van der Waals surface area contributed by atoms with E-state index < -0.39 is 0 Å². The Labute approximate surface area is 126 Å². The Morgan fingerprint density at radius 2 is 2.39 bits per heavy atom. The molecule has 0 aliphatic carbocycles. The van der Waals surface area contributed by atoms with Crippen molar-refractivity contribution in [2.45, 2.75) is 17.3 Å². The molecule has 3 rings (SSSR count). The number of alkyl halides is 1. The van der Waals surface area contributed by atoms with Crippen LogP contribution >= 0.6 is 43.2 Å². The Kier molecular flexibility index (Phi) is 3.03. The fourth-order valence-corrected chi connectivity index (χ4v) is 4.74. The first-order chi connectivity index (χ1) is 8.52. The third-order valence-electron chi connectivity index (χ3n) is 3.28. The van der Waals surface area contributed by atoms with Crippen molar-refractivity contribution in [3.05, 3.63) is 20.8 Å². The summed E-state index contributed by atoms with van der Waals surface area (Å²) in [5.41, 5.74) is 5.68. The minimum Gasteiger partial charge on any atom is -0.369 e. The maximum atomic E-state index is 6.07. The second-order valence-electron chi connectivity index (χ2n) is 4.50. The average molecular weight is 392 g/mol. The summed E-state index contributed by atoms with van der Waals surface area (Å²) in [5.74, 6) is 1.56. The van der Waals surface area contributed by atoms with Gasteiger partial charge in [-0.15, -0.1) is 11.3 Å². The molecule has 2 aliphatic heterocycles. The number of guanidine groups is 1. The third kappa shape index (κ3) is 1.75. The SMILES string of the molecule is C[C@]1(c2cc(Br)cs2)N=C(N)N2CCN=C2C1Br. The molecule has 0 aromatic carbocycles. The van der Waals surface area contributed by atoms with Crippen LogP contribution in [0.3, 0.4) is 0 Å². The van der Waals surface area contributed by atoms with E-state index in [9.17, 15) is 0 Å². The summed E-state index contributed by atoms with van der Waals surface area (Å²) in [6.45, 7) is 3.71. The fourth-order valence-electron chi connectivity index (χ4n) is 2.28. The number of rotatable bonds is 1. The summed E-state index contributed by atoms with van der Waals surface area (Å²) in [6, 6.07) is 2.10. The summed E-state index contributed by atoms with van der Waals surface area (Å²) in [4.78, 5) is 12.5. The second-order valence-corrected chi connectivity index (χ2v) is 7.24. The Morgan fingerprint density at radius 3 is 3.06 bits per heavy atom. The van der Waals surface area contributed by atoms with Gasteiger partial charge in [0, 0.05) is 21.3 Å². The van der Waals surface area contributed by atoms with E-state index in [4.69, 9.17) is 10.7 Å². The smallest absolute Gasteiger partial charge is 0.197 e. The van der Waals surface area contributed by atoms with E-state index in [2.05, 4.69) is 55.2 Å². The predicted octanol–water partition coefficient (Wildman–Crippen LogP) is 2.53. The fraction of sp³-hybridized carbons (Fsp3) is 0.455. The molecule has 0 bridgehead atoms. The largest absolute Gasteiger partial charge is 0.369 e. The molecular formula is C11H12Br2N4S. The number of aliphatic imine (C=N–C) groups is 2. The van der Waals surface area contributed by atoms with Crippen LogP contribution in [0.15, 0.2) is 25.9 Å². The second kappa shape index (κ2) is 4.31. The minimum atomic E-state index is -0.388. The van der Waals surface area contributed by atoms with Gasteiger partial charge in [0.1, 0.15) is 16.2 Å². The molecule has 0 fully saturated rings. The number of nitrogens with zero attached hydrogens (tertiary/aromatic N) is 3. The van der Waals surface area contributed by atoms with E-state index in [1.165, 1.54) is 4.88 Å². The van der Waals surface area contributed by atoms with Crippen molar-refractivity contribution in [1.29, 1.82) is 0 Å². The predicted molar refractivity (Wildman–Crippen MR) is 82.7 cm³/mol. The summed E-state index contributed by atoms with van der Waals surface area (Å²) in [5, 5.41) is 2.06. The molecule has 1 aromatic heterocycles. The zero-order valence-electron chi connectivity index (χ0n) is 9.73. The molecule has 96 valence electrons. The topological polar surface area (TPSA) is 54.0 Å². The van der Waals surface area contributed by atoms with Crippen LogP contribution in [0.4, 0.5) is 0 Å². The zero-order valence-corrected chi connectivity index (χ0v) is 13.7. The van der Waals surface area contributed by atoms with Crippen molar-refractivity contribution in [2.24, 2.45) is 15.7 Å². The molecule has 0 amide bonds. The maximum Gasteiger partial charge on any atom is 0.197 e. The highest BCUT2D eigenvalue weighted by molar-refractivity contribution is 9.10. The summed E-state index contributed by atoms with van der Waals surface area (Å²) in [7, 11) is 0. The first-order valence-electron chi connectivity index (χ1n) is 5.58. The molecule has 0 spiro atoms. The van der Waals surface area contributed by atoms with Crippen LogP contribution < -0.4 is 5.73 Å². The average Bonchev–Trinajstić information content (AvgIpc) is 2.94. The molecule has 4 nitrogen and oxygen atoms in total. The Balaban J connectivity index is 2.11. The molecular weight excluding hydrogens is 380 g/mol. The summed E-state index contributed by atoms with van der Waals surface area (Å²) < 4.78 is 1.08. The van der Waals surface area contributed by atoms with Crippen molar-refractivity contribution in [2.75, 3.05) is 13.1 Å². The maximum absolute atomic E-state index is 6.07. The lowest BCUT2D eigenvalue weighted by molar-refractivity contribution is 0.482. The van der Waals surface area contributed by atoms with Crippen LogP contribution in [0.2, 0.25) is 0 Å². The van der Waals surface area contributed by atoms with Gasteiger partial charge in [0.25, 0.3) is 0 Å². The lowest BCUT2D eigenvalue weighted by Crippen LogP contribution is -2.54. The molecule has 1 unspecified atom stereocenters. The van der Waals surface area contributed by atoms with Gasteiger partial charge in [-0.05, 0) is 28.9 Å². The van der Waals surface area contributed by atoms with Crippen molar-refractivity contribution in [3.63, 3.8) is 0 Å². The highest BCUT2D eigenvalue weighted by Crippen LogP contribution is 2.42. The molecule has 2 N–H and O–H groups in total. The van der Waals surface area contributed by atoms with Crippen LogP contribution in [-0.2, 0) is 5.54 Å². The van der Waals surface area contributed by atoms with Gasteiger partial charge in [0.05, 0.1) is 6.54 Å². The quantitative estimate of drug-likeness (QED) is 0.748. The van der Waals surface area contributed by atoms with Gasteiger partial charge in [0.2, 0.25) is 0 Å². The molecule has 0 saturated carbocycles. The highest BCUT2D eigenvalue weighted by atomic mass is 79.9. The number of fused-ring (bicyclic) bond motifs is 1. The molecule has 0 saturated heterocycles. The van der Waals surface area contributed by atoms with Gasteiger partial charge >= 0.3 is 0 Å². The highest BCUT2D eigenvalue weighted by Gasteiger charge is 2.46. The standard InChI is InChI=1S/C11H12Br2N4S/c1-11(7-4-6(12)5-18-7)8(13)9-15-2-3-17(9)10(14)16-11/h4-5,8H,2-3H2,1H3,(H2,14,16)/t8?,11-/m1/s1. The van der Waals surface area contributed by atoms with Gasteiger partial charge in [-0.3, -0.25) is 9.89 Å². The van der Waals surface area contributed by atoms with Crippen molar-refractivity contribution < 1.29 is 0 Å². The zero-order chi connectivity index (χ0) is 12.9. The van der Waals surface area contributed by atoms with Crippen LogP contribution in [0.25, 0.3) is 0 Å². The van der Waals surface area contributed by atoms with E-state index in [-0.39, 0.29) is 10.4 Å². The number of thiophene rings is 1. The molecule has 2 aliphatic rings. The molecule has 18 heavy (non-hydrogen) atoms. The first-order valence-corrected chi connectivity index (χ1v) is 8.17. The number of hydrogen-bond donors (Lipinski definition) is 1.